The van der Waals surface area contributed by atoms with Crippen molar-refractivity contribution in [1.29, 1.82) is 0 Å². The van der Waals surface area contributed by atoms with Gasteiger partial charge in [0.2, 0.25) is 11.8 Å². The second kappa shape index (κ2) is 13.8. The number of amides is 3. The maximum Gasteiger partial charge on any atom is 0.408 e. The average molecular weight is 474 g/mol. The summed E-state index contributed by atoms with van der Waals surface area (Å²) in [6.07, 6.45) is 3.27. The van der Waals surface area contributed by atoms with Gasteiger partial charge in [-0.25, -0.2) is 4.79 Å². The van der Waals surface area contributed by atoms with Crippen LogP contribution in [0.3, 0.4) is 0 Å². The van der Waals surface area contributed by atoms with Gasteiger partial charge in [0, 0.05) is 13.1 Å². The van der Waals surface area contributed by atoms with E-state index in [4.69, 9.17) is 4.74 Å². The van der Waals surface area contributed by atoms with Gasteiger partial charge in [0.1, 0.15) is 17.7 Å². The number of hydrogen-bond donors (Lipinski definition) is 2. The van der Waals surface area contributed by atoms with Gasteiger partial charge in [-0.3, -0.25) is 9.59 Å². The molecule has 0 bridgehead atoms. The molecule has 0 saturated heterocycles. The first-order valence-electron chi connectivity index (χ1n) is 12.2. The third-order valence-electron chi connectivity index (χ3n) is 5.17. The van der Waals surface area contributed by atoms with E-state index >= 15 is 0 Å². The zero-order valence-electron chi connectivity index (χ0n) is 21.9. The Hall–Kier alpha value is -2.83. The van der Waals surface area contributed by atoms with Gasteiger partial charge in [-0.05, 0) is 63.6 Å². The lowest BCUT2D eigenvalue weighted by Gasteiger charge is -2.34. The highest BCUT2D eigenvalue weighted by molar-refractivity contribution is 5.92. The van der Waals surface area contributed by atoms with Gasteiger partial charge in [0.05, 0.1) is 0 Å². The second-order valence-corrected chi connectivity index (χ2v) is 9.87. The topological polar surface area (TPSA) is 87.7 Å². The average Bonchev–Trinajstić information content (AvgIpc) is 2.74. The number of carbonyl (C=O) groups excluding carboxylic acids is 3. The molecule has 0 aliphatic rings. The summed E-state index contributed by atoms with van der Waals surface area (Å²) in [6, 6.07) is 5.80. The normalized spacial score (nSPS) is 13.1. The number of rotatable bonds is 12. The van der Waals surface area contributed by atoms with Crippen LogP contribution >= 0.6 is 0 Å². The van der Waals surface area contributed by atoms with E-state index in [1.807, 2.05) is 45.0 Å². The van der Waals surface area contributed by atoms with Gasteiger partial charge in [-0.1, -0.05) is 58.0 Å². The first-order valence-corrected chi connectivity index (χ1v) is 12.2. The molecule has 3 amide bonds. The van der Waals surface area contributed by atoms with Crippen LogP contribution in [-0.2, 0) is 14.3 Å². The van der Waals surface area contributed by atoms with E-state index in [0.717, 1.165) is 18.4 Å². The Balaban J connectivity index is 3.35. The van der Waals surface area contributed by atoms with Crippen LogP contribution in [0.2, 0.25) is 0 Å². The van der Waals surface area contributed by atoms with E-state index < -0.39 is 23.8 Å². The predicted octanol–water partition coefficient (Wildman–Crippen LogP) is 5.07. The minimum absolute atomic E-state index is 0.142. The lowest BCUT2D eigenvalue weighted by molar-refractivity contribution is -0.142. The molecule has 1 aromatic carbocycles. The van der Waals surface area contributed by atoms with Gasteiger partial charge in [-0.2, -0.15) is 0 Å². The molecule has 190 valence electrons. The highest BCUT2D eigenvalue weighted by Crippen LogP contribution is 2.25. The minimum atomic E-state index is -0.829. The van der Waals surface area contributed by atoms with Crippen molar-refractivity contribution >= 4 is 24.0 Å². The van der Waals surface area contributed by atoms with Gasteiger partial charge < -0.3 is 20.3 Å². The van der Waals surface area contributed by atoms with Gasteiger partial charge >= 0.3 is 6.09 Å². The van der Waals surface area contributed by atoms with Crippen LogP contribution in [0.25, 0.3) is 6.08 Å². The van der Waals surface area contributed by atoms with Crippen molar-refractivity contribution in [3.05, 3.63) is 42.0 Å². The van der Waals surface area contributed by atoms with E-state index in [9.17, 15) is 14.4 Å². The summed E-state index contributed by atoms with van der Waals surface area (Å²) in [5, 5.41) is 5.71. The Labute approximate surface area is 205 Å². The van der Waals surface area contributed by atoms with Gasteiger partial charge in [-0.15, -0.1) is 0 Å². The summed E-state index contributed by atoms with van der Waals surface area (Å²) >= 11 is 0. The highest BCUT2D eigenvalue weighted by Gasteiger charge is 2.35. The van der Waals surface area contributed by atoms with Crippen LogP contribution in [0, 0.1) is 5.92 Å². The SMILES string of the molecule is C=Cc1cccc(C(C(=O)NCCCC)N(CC)C(=O)C(CC(C)C)NC(=O)OC(C)(C)C)c1. The summed E-state index contributed by atoms with van der Waals surface area (Å²) in [7, 11) is 0. The number of hydrogen-bond acceptors (Lipinski definition) is 4. The van der Waals surface area contributed by atoms with Crippen molar-refractivity contribution in [3.63, 3.8) is 0 Å². The summed E-state index contributed by atoms with van der Waals surface area (Å²) in [6.45, 7) is 17.8. The molecule has 0 heterocycles. The summed E-state index contributed by atoms with van der Waals surface area (Å²) < 4.78 is 5.39. The molecule has 0 radical (unpaired) electrons. The molecular weight excluding hydrogens is 430 g/mol. The zero-order chi connectivity index (χ0) is 25.9. The van der Waals surface area contributed by atoms with Crippen molar-refractivity contribution in [1.82, 2.24) is 15.5 Å². The molecule has 2 atom stereocenters. The number of ether oxygens (including phenoxy) is 1. The van der Waals surface area contributed by atoms with Crippen molar-refractivity contribution in [2.75, 3.05) is 13.1 Å². The lowest BCUT2D eigenvalue weighted by Crippen LogP contribution is -2.53. The van der Waals surface area contributed by atoms with Crippen LogP contribution in [0.15, 0.2) is 30.8 Å². The van der Waals surface area contributed by atoms with Gasteiger partial charge in [0.15, 0.2) is 0 Å². The molecule has 0 aromatic heterocycles. The smallest absolute Gasteiger partial charge is 0.408 e. The molecule has 0 aliphatic heterocycles. The Kier molecular flexibility index (Phi) is 11.8. The van der Waals surface area contributed by atoms with Crippen molar-refractivity contribution in [2.24, 2.45) is 5.92 Å². The maximum absolute atomic E-state index is 13.8. The molecule has 0 spiro atoms. The fourth-order valence-electron chi connectivity index (χ4n) is 3.62. The van der Waals surface area contributed by atoms with Crippen molar-refractivity contribution < 1.29 is 19.1 Å². The second-order valence-electron chi connectivity index (χ2n) is 9.87. The van der Waals surface area contributed by atoms with Crippen LogP contribution in [0.5, 0.6) is 0 Å². The van der Waals surface area contributed by atoms with E-state index in [-0.39, 0.29) is 17.7 Å². The van der Waals surface area contributed by atoms with E-state index in [1.165, 1.54) is 4.90 Å². The predicted molar refractivity (Wildman–Crippen MR) is 137 cm³/mol. The lowest BCUT2D eigenvalue weighted by atomic mass is 9.98. The molecule has 1 rings (SSSR count). The molecular formula is C27H43N3O4. The minimum Gasteiger partial charge on any atom is -0.444 e. The molecule has 7 heteroatoms. The Bertz CT molecular complexity index is 829. The number of benzene rings is 1. The van der Waals surface area contributed by atoms with E-state index in [2.05, 4.69) is 24.1 Å². The molecule has 0 saturated carbocycles. The molecule has 2 unspecified atom stereocenters. The Morgan fingerprint density at radius 2 is 1.85 bits per heavy atom. The summed E-state index contributed by atoms with van der Waals surface area (Å²) in [4.78, 5) is 41.1. The van der Waals surface area contributed by atoms with Crippen LogP contribution in [0.1, 0.15) is 84.9 Å². The van der Waals surface area contributed by atoms with E-state index in [1.54, 1.807) is 26.8 Å². The molecule has 1 aromatic rings. The third-order valence-corrected chi connectivity index (χ3v) is 5.17. The molecule has 34 heavy (non-hydrogen) atoms. The fraction of sp³-hybridized carbons (Fsp3) is 0.593. The molecule has 2 N–H and O–H groups in total. The molecule has 7 nitrogen and oxygen atoms in total. The van der Waals surface area contributed by atoms with Crippen LogP contribution in [-0.4, -0.2) is 47.5 Å². The number of likely N-dealkylation sites (N-methyl/N-ethyl adjacent to an activating group) is 1. The third kappa shape index (κ3) is 9.57. The highest BCUT2D eigenvalue weighted by atomic mass is 16.6. The van der Waals surface area contributed by atoms with Crippen molar-refractivity contribution in [2.45, 2.75) is 85.4 Å². The number of nitrogens with zero attached hydrogens (tertiary/aromatic N) is 1. The first kappa shape index (κ1) is 29.2. The summed E-state index contributed by atoms with van der Waals surface area (Å²) in [5.74, 6) is -0.421. The van der Waals surface area contributed by atoms with Crippen LogP contribution < -0.4 is 10.6 Å². The number of nitrogens with one attached hydrogen (secondary N) is 2. The standard InChI is InChI=1S/C27H43N3O4/c1-9-12-16-28-24(31)23(21-15-13-14-20(10-2)18-21)30(11-3)25(32)22(17-19(4)5)29-26(33)34-27(6,7)8/h10,13-15,18-19,22-23H,2,9,11-12,16-17H2,1,3-8H3,(H,28,31)(H,29,33). The van der Waals surface area contributed by atoms with Gasteiger partial charge in [0.25, 0.3) is 0 Å². The number of alkyl carbamates (subject to hydrolysis) is 1. The summed E-state index contributed by atoms with van der Waals surface area (Å²) in [5.41, 5.74) is 0.868. The first-order chi connectivity index (χ1) is 15.9. The zero-order valence-corrected chi connectivity index (χ0v) is 21.9. The van der Waals surface area contributed by atoms with Crippen LogP contribution in [0.4, 0.5) is 4.79 Å². The Morgan fingerprint density at radius 1 is 1.18 bits per heavy atom. The quantitative estimate of drug-likeness (QED) is 0.415. The fourth-order valence-corrected chi connectivity index (χ4v) is 3.62. The number of carbonyl (C=O) groups is 3. The Morgan fingerprint density at radius 3 is 2.38 bits per heavy atom. The largest absolute Gasteiger partial charge is 0.444 e. The van der Waals surface area contributed by atoms with Crippen molar-refractivity contribution in [3.8, 4) is 0 Å². The molecule has 0 fully saturated rings. The maximum atomic E-state index is 13.8. The molecule has 0 aliphatic carbocycles. The monoisotopic (exact) mass is 473 g/mol. The number of unbranched alkanes of at least 4 members (excludes halogenated alkanes) is 1. The van der Waals surface area contributed by atoms with E-state index in [0.29, 0.717) is 25.1 Å².